The first-order valence-electron chi connectivity index (χ1n) is 5.45. The molecule has 0 amide bonds. The van der Waals surface area contributed by atoms with Gasteiger partial charge >= 0.3 is 0 Å². The van der Waals surface area contributed by atoms with Gasteiger partial charge in [-0.05, 0) is 36.4 Å². The first-order valence-corrected chi connectivity index (χ1v) is 6.45. The maximum atomic E-state index is 4.37. The van der Waals surface area contributed by atoms with E-state index in [4.69, 9.17) is 0 Å². The first-order chi connectivity index (χ1) is 8.43. The predicted molar refractivity (Wildman–Crippen MR) is 72.4 cm³/mol. The fourth-order valence-electron chi connectivity index (χ4n) is 1.74. The SMILES string of the molecule is c1ccc(-c2ccc(-c3ccccn3)[pH]2)nc1. The van der Waals surface area contributed by atoms with E-state index in [0.29, 0.717) is 8.19 Å². The third-order valence-corrected chi connectivity index (χ3v) is 3.95. The van der Waals surface area contributed by atoms with Crippen LogP contribution in [-0.4, -0.2) is 9.97 Å². The molecule has 0 aliphatic heterocycles. The molecule has 2 nitrogen and oxygen atoms in total. The summed E-state index contributed by atoms with van der Waals surface area (Å²) >= 11 is 0. The van der Waals surface area contributed by atoms with E-state index in [1.807, 2.05) is 48.8 Å². The highest BCUT2D eigenvalue weighted by Gasteiger charge is 2.04. The Balaban J connectivity index is 1.99. The Labute approximate surface area is 101 Å². The zero-order valence-electron chi connectivity index (χ0n) is 9.17. The van der Waals surface area contributed by atoms with Crippen LogP contribution in [-0.2, 0) is 0 Å². The second-order valence-corrected chi connectivity index (χ2v) is 5.04. The third kappa shape index (κ3) is 2.13. The van der Waals surface area contributed by atoms with Crippen LogP contribution in [0.3, 0.4) is 0 Å². The number of hydrogen-bond acceptors (Lipinski definition) is 2. The molecule has 82 valence electrons. The summed E-state index contributed by atoms with van der Waals surface area (Å²) in [6.45, 7) is 0. The van der Waals surface area contributed by atoms with Gasteiger partial charge in [-0.25, -0.2) is 0 Å². The van der Waals surface area contributed by atoms with Gasteiger partial charge in [0.15, 0.2) is 0 Å². The normalized spacial score (nSPS) is 10.4. The molecule has 3 rings (SSSR count). The van der Waals surface area contributed by atoms with E-state index in [2.05, 4.69) is 22.1 Å². The van der Waals surface area contributed by atoms with Crippen molar-refractivity contribution in [3.05, 3.63) is 60.9 Å². The molecule has 0 saturated carbocycles. The van der Waals surface area contributed by atoms with Gasteiger partial charge in [0.25, 0.3) is 0 Å². The molecule has 0 aliphatic rings. The average molecular weight is 238 g/mol. The molecule has 3 heterocycles. The van der Waals surface area contributed by atoms with Crippen molar-refractivity contribution in [2.24, 2.45) is 0 Å². The molecule has 0 aromatic carbocycles. The minimum absolute atomic E-state index is 0.643. The number of nitrogens with zero attached hydrogens (tertiary/aromatic N) is 2. The number of aromatic nitrogens is 2. The molecule has 3 heteroatoms. The van der Waals surface area contributed by atoms with Crippen molar-refractivity contribution in [3.8, 4) is 22.0 Å². The lowest BCUT2D eigenvalue weighted by Gasteiger charge is -1.96. The van der Waals surface area contributed by atoms with Gasteiger partial charge < -0.3 is 0 Å². The highest BCUT2D eigenvalue weighted by molar-refractivity contribution is 7.37. The van der Waals surface area contributed by atoms with Crippen LogP contribution in [0.25, 0.3) is 22.0 Å². The van der Waals surface area contributed by atoms with Gasteiger partial charge in [0.2, 0.25) is 0 Å². The summed E-state index contributed by atoms with van der Waals surface area (Å²) in [6.07, 6.45) is 3.67. The lowest BCUT2D eigenvalue weighted by atomic mass is 10.3. The zero-order chi connectivity index (χ0) is 11.5. The van der Waals surface area contributed by atoms with Crippen LogP contribution in [0.15, 0.2) is 60.9 Å². The van der Waals surface area contributed by atoms with Gasteiger partial charge in [0.05, 0.1) is 11.4 Å². The summed E-state index contributed by atoms with van der Waals surface area (Å²) in [4.78, 5) is 8.75. The Hall–Kier alpha value is -1.92. The maximum absolute atomic E-state index is 4.37. The van der Waals surface area contributed by atoms with Gasteiger partial charge in [0, 0.05) is 23.0 Å². The predicted octanol–water partition coefficient (Wildman–Crippen LogP) is 3.84. The molecule has 0 spiro atoms. The first kappa shape index (κ1) is 10.2. The number of pyridine rings is 2. The van der Waals surface area contributed by atoms with E-state index >= 15 is 0 Å². The van der Waals surface area contributed by atoms with Crippen molar-refractivity contribution >= 4 is 8.19 Å². The summed E-state index contributed by atoms with van der Waals surface area (Å²) in [6, 6.07) is 16.3. The van der Waals surface area contributed by atoms with E-state index in [9.17, 15) is 0 Å². The van der Waals surface area contributed by atoms with Crippen molar-refractivity contribution in [2.75, 3.05) is 0 Å². The van der Waals surface area contributed by atoms with Crippen molar-refractivity contribution in [1.82, 2.24) is 9.97 Å². The highest BCUT2D eigenvalue weighted by atomic mass is 31.0. The van der Waals surface area contributed by atoms with E-state index in [0.717, 1.165) is 11.4 Å². The quantitative estimate of drug-likeness (QED) is 0.677. The smallest absolute Gasteiger partial charge is 0.0739 e. The minimum atomic E-state index is 0.643. The van der Waals surface area contributed by atoms with Gasteiger partial charge in [-0.15, -0.1) is 8.19 Å². The van der Waals surface area contributed by atoms with E-state index in [1.165, 1.54) is 10.6 Å². The van der Waals surface area contributed by atoms with Crippen molar-refractivity contribution in [1.29, 1.82) is 0 Å². The summed E-state index contributed by atoms with van der Waals surface area (Å²) in [7, 11) is 0.643. The summed E-state index contributed by atoms with van der Waals surface area (Å²) < 4.78 is 0. The average Bonchev–Trinajstić information content (AvgIpc) is 2.90. The minimum Gasteiger partial charge on any atom is -0.256 e. The Morgan fingerprint density at radius 2 is 1.18 bits per heavy atom. The molecule has 3 aromatic heterocycles. The second kappa shape index (κ2) is 4.52. The summed E-state index contributed by atoms with van der Waals surface area (Å²) in [5, 5.41) is 2.57. The van der Waals surface area contributed by atoms with Gasteiger partial charge in [0.1, 0.15) is 0 Å². The fraction of sp³-hybridized carbons (Fsp3) is 0. The van der Waals surface area contributed by atoms with Crippen LogP contribution in [0.1, 0.15) is 0 Å². The molecule has 17 heavy (non-hydrogen) atoms. The molecule has 0 unspecified atom stereocenters. The lowest BCUT2D eigenvalue weighted by molar-refractivity contribution is 1.34. The number of hydrogen-bond donors (Lipinski definition) is 0. The van der Waals surface area contributed by atoms with Crippen LogP contribution in [0.5, 0.6) is 0 Å². The van der Waals surface area contributed by atoms with Crippen LogP contribution in [0.4, 0.5) is 0 Å². The Morgan fingerprint density at radius 1 is 0.647 bits per heavy atom. The van der Waals surface area contributed by atoms with Crippen LogP contribution in [0.2, 0.25) is 0 Å². The van der Waals surface area contributed by atoms with E-state index in [-0.39, 0.29) is 0 Å². The lowest BCUT2D eigenvalue weighted by Crippen LogP contribution is -1.75. The molecule has 0 atom stereocenters. The number of rotatable bonds is 2. The third-order valence-electron chi connectivity index (χ3n) is 2.57. The van der Waals surface area contributed by atoms with Crippen molar-refractivity contribution < 1.29 is 0 Å². The molecule has 0 fully saturated rings. The molecule has 3 aromatic rings. The topological polar surface area (TPSA) is 25.8 Å². The fourth-order valence-corrected chi connectivity index (χ4v) is 2.91. The van der Waals surface area contributed by atoms with Crippen molar-refractivity contribution in [2.45, 2.75) is 0 Å². The second-order valence-electron chi connectivity index (χ2n) is 3.72. The molecule has 0 N–H and O–H groups in total. The van der Waals surface area contributed by atoms with Crippen molar-refractivity contribution in [3.63, 3.8) is 0 Å². The summed E-state index contributed by atoms with van der Waals surface area (Å²) in [5.41, 5.74) is 2.13. The van der Waals surface area contributed by atoms with E-state index in [1.54, 1.807) is 0 Å². The Morgan fingerprint density at radius 3 is 1.59 bits per heavy atom. The van der Waals surface area contributed by atoms with Gasteiger partial charge in [-0.3, -0.25) is 9.97 Å². The summed E-state index contributed by atoms with van der Waals surface area (Å²) in [5.74, 6) is 0. The maximum Gasteiger partial charge on any atom is 0.0739 e. The van der Waals surface area contributed by atoms with Crippen LogP contribution in [0, 0.1) is 0 Å². The monoisotopic (exact) mass is 238 g/mol. The molecular weight excluding hydrogens is 227 g/mol. The van der Waals surface area contributed by atoms with Gasteiger partial charge in [-0.2, -0.15) is 0 Å². The highest BCUT2D eigenvalue weighted by Crippen LogP contribution is 2.36. The Kier molecular flexibility index (Phi) is 2.73. The zero-order valence-corrected chi connectivity index (χ0v) is 10.2. The molecule has 0 saturated heterocycles. The largest absolute Gasteiger partial charge is 0.256 e. The molecule has 0 aliphatic carbocycles. The van der Waals surface area contributed by atoms with E-state index < -0.39 is 0 Å². The van der Waals surface area contributed by atoms with Crippen LogP contribution < -0.4 is 0 Å². The standard InChI is InChI=1S/C14H11N2P/c1-3-9-15-11(5-1)13-7-8-14(17-13)12-6-2-4-10-16-12/h1-10,17H. The molecule has 0 radical (unpaired) electrons. The molecular formula is C14H11N2P. The van der Waals surface area contributed by atoms with Gasteiger partial charge in [-0.1, -0.05) is 12.1 Å². The van der Waals surface area contributed by atoms with Crippen LogP contribution >= 0.6 is 8.19 Å². The Bertz CT molecular complexity index is 548. The molecule has 0 bridgehead atoms.